The molecule has 1 N–H and O–H groups in total. The molecule has 1 aromatic heterocycles. The van der Waals surface area contributed by atoms with Gasteiger partial charge in [0.25, 0.3) is 0 Å². The van der Waals surface area contributed by atoms with Gasteiger partial charge in [0, 0.05) is 36.8 Å². The van der Waals surface area contributed by atoms with Crippen LogP contribution in [0.2, 0.25) is 0 Å². The van der Waals surface area contributed by atoms with Gasteiger partial charge in [0.1, 0.15) is 5.75 Å². The van der Waals surface area contributed by atoms with Gasteiger partial charge in [-0.25, -0.2) is 0 Å². The maximum atomic E-state index is 6.21. The molecule has 1 saturated heterocycles. The molecule has 0 amide bonds. The highest BCUT2D eigenvalue weighted by atomic mass is 16.5. The highest BCUT2D eigenvalue weighted by molar-refractivity contribution is 5.84. The molecule has 136 valence electrons. The topological polar surface area (TPSA) is 37.5 Å². The van der Waals surface area contributed by atoms with Crippen LogP contribution in [0.3, 0.4) is 0 Å². The summed E-state index contributed by atoms with van der Waals surface area (Å²) in [6.45, 7) is 3.07. The van der Waals surface area contributed by atoms with E-state index in [0.29, 0.717) is 12.1 Å². The lowest BCUT2D eigenvalue weighted by molar-refractivity contribution is 0.141. The third-order valence-electron chi connectivity index (χ3n) is 5.88. The minimum atomic E-state index is 0.416. The number of methoxy groups -OCH3 is 1. The van der Waals surface area contributed by atoms with Gasteiger partial charge in [0.2, 0.25) is 0 Å². The average Bonchev–Trinajstić information content (AvgIpc) is 3.36. The lowest BCUT2D eigenvalue weighted by Gasteiger charge is -2.24. The molecular formula is C21H30N2O2. The zero-order valence-electron chi connectivity index (χ0n) is 15.3. The zero-order chi connectivity index (χ0) is 17.1. The largest absolute Gasteiger partial charge is 0.490 e. The monoisotopic (exact) mass is 342 g/mol. The molecular weight excluding hydrogens is 312 g/mol. The number of nitrogens with one attached hydrogen (secondary N) is 1. The number of rotatable bonds is 7. The third kappa shape index (κ3) is 3.85. The van der Waals surface area contributed by atoms with Crippen LogP contribution in [0, 0.1) is 0 Å². The molecule has 0 radical (unpaired) electrons. The van der Waals surface area contributed by atoms with Crippen molar-refractivity contribution < 1.29 is 9.47 Å². The molecule has 2 aliphatic rings. The van der Waals surface area contributed by atoms with Crippen LogP contribution in [0.5, 0.6) is 5.75 Å². The Hall–Kier alpha value is -1.52. The number of hydrogen-bond donors (Lipinski definition) is 1. The molecule has 2 fully saturated rings. The quantitative estimate of drug-likeness (QED) is 0.821. The lowest BCUT2D eigenvalue weighted by atomic mass is 10.0. The number of aromatic amines is 1. The van der Waals surface area contributed by atoms with E-state index in [1.54, 1.807) is 7.11 Å². The second-order valence-corrected chi connectivity index (χ2v) is 7.57. The Bertz CT molecular complexity index is 690. The van der Waals surface area contributed by atoms with Gasteiger partial charge in [-0.2, -0.15) is 0 Å². The number of nitrogens with zero attached hydrogens (tertiary/aromatic N) is 1. The minimum Gasteiger partial charge on any atom is -0.490 e. The van der Waals surface area contributed by atoms with E-state index in [1.165, 1.54) is 61.5 Å². The van der Waals surface area contributed by atoms with Gasteiger partial charge in [-0.15, -0.1) is 0 Å². The van der Waals surface area contributed by atoms with E-state index in [-0.39, 0.29) is 0 Å². The lowest BCUT2D eigenvalue weighted by Crippen LogP contribution is -2.33. The van der Waals surface area contributed by atoms with Crippen molar-refractivity contribution in [1.29, 1.82) is 0 Å². The van der Waals surface area contributed by atoms with Gasteiger partial charge in [-0.05, 0) is 75.3 Å². The van der Waals surface area contributed by atoms with Gasteiger partial charge < -0.3 is 14.5 Å². The van der Waals surface area contributed by atoms with Crippen LogP contribution in [-0.2, 0) is 11.2 Å². The van der Waals surface area contributed by atoms with E-state index in [4.69, 9.17) is 9.47 Å². The van der Waals surface area contributed by atoms with E-state index in [1.807, 2.05) is 0 Å². The second-order valence-electron chi connectivity index (χ2n) is 7.57. The molecule has 2 aromatic rings. The number of likely N-dealkylation sites (tertiary alicyclic amines) is 1. The van der Waals surface area contributed by atoms with E-state index in [0.717, 1.165) is 25.3 Å². The molecule has 0 bridgehead atoms. The Balaban J connectivity index is 1.49. The van der Waals surface area contributed by atoms with Crippen molar-refractivity contribution in [2.45, 2.75) is 57.1 Å². The first-order valence-electron chi connectivity index (χ1n) is 9.83. The van der Waals surface area contributed by atoms with Crippen molar-refractivity contribution in [3.05, 3.63) is 30.0 Å². The van der Waals surface area contributed by atoms with Crippen molar-refractivity contribution in [2.75, 3.05) is 26.8 Å². The summed E-state index contributed by atoms with van der Waals surface area (Å²) in [5.74, 6) is 1.03. The van der Waals surface area contributed by atoms with Crippen LogP contribution in [0.1, 0.15) is 44.1 Å². The number of hydrogen-bond acceptors (Lipinski definition) is 3. The summed E-state index contributed by atoms with van der Waals surface area (Å²) in [5, 5.41) is 1.33. The minimum absolute atomic E-state index is 0.416. The first kappa shape index (κ1) is 16.9. The normalized spacial score (nSPS) is 22.2. The second kappa shape index (κ2) is 7.79. The van der Waals surface area contributed by atoms with Crippen molar-refractivity contribution >= 4 is 10.9 Å². The molecule has 1 saturated carbocycles. The van der Waals surface area contributed by atoms with Gasteiger partial charge in [-0.1, -0.05) is 0 Å². The Morgan fingerprint density at radius 2 is 2.04 bits per heavy atom. The SMILES string of the molecule is COCCN1CCCC1Cc1c[nH]c2ccc(OC3CCCC3)cc12. The number of ether oxygens (including phenoxy) is 2. The maximum absolute atomic E-state index is 6.21. The molecule has 4 nitrogen and oxygen atoms in total. The summed E-state index contributed by atoms with van der Waals surface area (Å²) in [4.78, 5) is 6.03. The van der Waals surface area contributed by atoms with Crippen LogP contribution in [-0.4, -0.2) is 48.8 Å². The smallest absolute Gasteiger partial charge is 0.120 e. The molecule has 1 aliphatic heterocycles. The molecule has 4 heteroatoms. The molecule has 4 rings (SSSR count). The summed E-state index contributed by atoms with van der Waals surface area (Å²) in [6, 6.07) is 7.16. The summed E-state index contributed by atoms with van der Waals surface area (Å²) in [6.07, 6.45) is 11.3. The Morgan fingerprint density at radius 1 is 1.16 bits per heavy atom. The van der Waals surface area contributed by atoms with Crippen molar-refractivity contribution in [3.63, 3.8) is 0 Å². The average molecular weight is 342 g/mol. The standard InChI is InChI=1S/C21H30N2O2/c1-24-12-11-23-10-4-5-17(23)13-16-15-22-21-9-8-19(14-20(16)21)25-18-6-2-3-7-18/h8-9,14-15,17-18,22H,2-7,10-13H2,1H3. The van der Waals surface area contributed by atoms with Crippen LogP contribution >= 0.6 is 0 Å². The molecule has 25 heavy (non-hydrogen) atoms. The number of fused-ring (bicyclic) bond motifs is 1. The van der Waals surface area contributed by atoms with Gasteiger partial charge >= 0.3 is 0 Å². The van der Waals surface area contributed by atoms with E-state index < -0.39 is 0 Å². The van der Waals surface area contributed by atoms with E-state index >= 15 is 0 Å². The summed E-state index contributed by atoms with van der Waals surface area (Å²) < 4.78 is 11.5. The van der Waals surface area contributed by atoms with Crippen molar-refractivity contribution in [1.82, 2.24) is 9.88 Å². The highest BCUT2D eigenvalue weighted by Crippen LogP contribution is 2.30. The molecule has 1 atom stereocenters. The van der Waals surface area contributed by atoms with Gasteiger partial charge in [0.15, 0.2) is 0 Å². The van der Waals surface area contributed by atoms with E-state index in [2.05, 4.69) is 34.3 Å². The van der Waals surface area contributed by atoms with Crippen LogP contribution < -0.4 is 4.74 Å². The number of benzene rings is 1. The number of aromatic nitrogens is 1. The molecule has 0 spiro atoms. The van der Waals surface area contributed by atoms with E-state index in [9.17, 15) is 0 Å². The van der Waals surface area contributed by atoms with Crippen LogP contribution in [0.4, 0.5) is 0 Å². The summed E-state index contributed by atoms with van der Waals surface area (Å²) >= 11 is 0. The highest BCUT2D eigenvalue weighted by Gasteiger charge is 2.25. The predicted octanol–water partition coefficient (Wildman–Crippen LogP) is 4.14. The first-order chi connectivity index (χ1) is 12.3. The first-order valence-corrected chi connectivity index (χ1v) is 9.83. The predicted molar refractivity (Wildman–Crippen MR) is 101 cm³/mol. The Kier molecular flexibility index (Phi) is 5.28. The fraction of sp³-hybridized carbons (Fsp3) is 0.619. The van der Waals surface area contributed by atoms with Gasteiger partial charge in [-0.3, -0.25) is 4.90 Å². The third-order valence-corrected chi connectivity index (χ3v) is 5.88. The zero-order valence-corrected chi connectivity index (χ0v) is 15.3. The molecule has 1 unspecified atom stereocenters. The van der Waals surface area contributed by atoms with Crippen LogP contribution in [0.25, 0.3) is 10.9 Å². The Morgan fingerprint density at radius 3 is 2.88 bits per heavy atom. The summed E-state index contributed by atoms with van der Waals surface area (Å²) in [5.41, 5.74) is 2.64. The summed E-state index contributed by atoms with van der Waals surface area (Å²) in [7, 11) is 1.79. The fourth-order valence-electron chi connectivity index (χ4n) is 4.48. The molecule has 1 aromatic carbocycles. The van der Waals surface area contributed by atoms with Gasteiger partial charge in [0.05, 0.1) is 12.7 Å². The number of H-pyrrole nitrogens is 1. The molecule has 2 heterocycles. The van der Waals surface area contributed by atoms with Crippen LogP contribution in [0.15, 0.2) is 24.4 Å². The van der Waals surface area contributed by atoms with Crippen molar-refractivity contribution in [3.8, 4) is 5.75 Å². The van der Waals surface area contributed by atoms with Crippen molar-refractivity contribution in [2.24, 2.45) is 0 Å². The molecule has 1 aliphatic carbocycles. The Labute approximate surface area is 150 Å². The fourth-order valence-corrected chi connectivity index (χ4v) is 4.48. The maximum Gasteiger partial charge on any atom is 0.120 e.